The van der Waals surface area contributed by atoms with Crippen molar-refractivity contribution in [2.75, 3.05) is 6.54 Å². The predicted molar refractivity (Wildman–Crippen MR) is 100 cm³/mol. The van der Waals surface area contributed by atoms with Crippen molar-refractivity contribution < 1.29 is 4.79 Å². The van der Waals surface area contributed by atoms with Crippen LogP contribution in [0.4, 0.5) is 0 Å². The summed E-state index contributed by atoms with van der Waals surface area (Å²) in [5, 5.41) is 0. The minimum absolute atomic E-state index is 0.144. The van der Waals surface area contributed by atoms with Crippen molar-refractivity contribution in [3.05, 3.63) is 33.7 Å². The van der Waals surface area contributed by atoms with Crippen molar-refractivity contribution in [1.29, 1.82) is 0 Å². The normalized spacial score (nSPS) is 12.7. The maximum absolute atomic E-state index is 12.9. The molecule has 1 atom stereocenters. The van der Waals surface area contributed by atoms with E-state index in [1.165, 1.54) is 6.42 Å². The van der Waals surface area contributed by atoms with Crippen molar-refractivity contribution >= 4 is 5.91 Å². The Hall–Kier alpha value is -1.58. The van der Waals surface area contributed by atoms with E-state index in [2.05, 4.69) is 39.6 Å². The van der Waals surface area contributed by atoms with Crippen molar-refractivity contribution in [2.45, 2.75) is 73.3 Å². The molecule has 0 saturated heterocycles. The SMILES string of the molecule is Cc1ccc(C(=O)N(CCC(C)C)C(C)CCCC(C)C)c(=O)[nH]1. The molecule has 1 heterocycles. The van der Waals surface area contributed by atoms with Gasteiger partial charge in [-0.2, -0.15) is 0 Å². The summed E-state index contributed by atoms with van der Waals surface area (Å²) >= 11 is 0. The minimum Gasteiger partial charge on any atom is -0.336 e. The fourth-order valence-electron chi connectivity index (χ4n) is 2.79. The highest BCUT2D eigenvalue weighted by atomic mass is 16.2. The Labute approximate surface area is 146 Å². The number of aromatic amines is 1. The molecule has 136 valence electrons. The Morgan fingerprint density at radius 3 is 2.21 bits per heavy atom. The number of amides is 1. The molecule has 0 aliphatic heterocycles. The van der Waals surface area contributed by atoms with E-state index in [-0.39, 0.29) is 23.1 Å². The zero-order valence-electron chi connectivity index (χ0n) is 16.2. The smallest absolute Gasteiger partial charge is 0.260 e. The van der Waals surface area contributed by atoms with Gasteiger partial charge in [0.2, 0.25) is 0 Å². The fourth-order valence-corrected chi connectivity index (χ4v) is 2.79. The number of aryl methyl sites for hydroxylation is 1. The third-order valence-corrected chi connectivity index (χ3v) is 4.43. The molecular formula is C20H34N2O2. The van der Waals surface area contributed by atoms with E-state index < -0.39 is 0 Å². The number of H-pyrrole nitrogens is 1. The molecule has 0 aromatic carbocycles. The predicted octanol–water partition coefficient (Wildman–Crippen LogP) is 4.39. The lowest BCUT2D eigenvalue weighted by atomic mass is 10.0. The molecular weight excluding hydrogens is 300 g/mol. The van der Waals surface area contributed by atoms with Crippen LogP contribution in [0.25, 0.3) is 0 Å². The first-order chi connectivity index (χ1) is 11.2. The van der Waals surface area contributed by atoms with Crippen LogP contribution in [0.1, 0.15) is 76.4 Å². The first-order valence-corrected chi connectivity index (χ1v) is 9.23. The maximum atomic E-state index is 12.9. The van der Waals surface area contributed by atoms with Gasteiger partial charge in [-0.25, -0.2) is 0 Å². The number of nitrogens with one attached hydrogen (secondary N) is 1. The largest absolute Gasteiger partial charge is 0.336 e. The van der Waals surface area contributed by atoms with E-state index >= 15 is 0 Å². The molecule has 4 heteroatoms. The molecule has 1 aromatic heterocycles. The van der Waals surface area contributed by atoms with Gasteiger partial charge in [0, 0.05) is 18.3 Å². The van der Waals surface area contributed by atoms with Crippen LogP contribution >= 0.6 is 0 Å². The summed E-state index contributed by atoms with van der Waals surface area (Å²) in [5.74, 6) is 1.06. The lowest BCUT2D eigenvalue weighted by molar-refractivity contribution is 0.0669. The Morgan fingerprint density at radius 2 is 1.67 bits per heavy atom. The molecule has 1 aromatic rings. The molecule has 0 radical (unpaired) electrons. The molecule has 24 heavy (non-hydrogen) atoms. The van der Waals surface area contributed by atoms with E-state index in [1.54, 1.807) is 12.1 Å². The van der Waals surface area contributed by atoms with Gasteiger partial charge >= 0.3 is 0 Å². The van der Waals surface area contributed by atoms with Crippen molar-refractivity contribution in [2.24, 2.45) is 11.8 Å². The van der Waals surface area contributed by atoms with Gasteiger partial charge in [0.25, 0.3) is 11.5 Å². The van der Waals surface area contributed by atoms with Crippen molar-refractivity contribution in [3.63, 3.8) is 0 Å². The van der Waals surface area contributed by atoms with Crippen LogP contribution in [0.3, 0.4) is 0 Å². The van der Waals surface area contributed by atoms with Gasteiger partial charge < -0.3 is 9.88 Å². The second-order valence-corrected chi connectivity index (χ2v) is 7.74. The van der Waals surface area contributed by atoms with Crippen LogP contribution < -0.4 is 5.56 Å². The molecule has 0 bridgehead atoms. The minimum atomic E-state index is -0.288. The van der Waals surface area contributed by atoms with Gasteiger partial charge in [-0.05, 0) is 50.7 Å². The number of rotatable bonds is 9. The average molecular weight is 335 g/mol. The van der Waals surface area contributed by atoms with Crippen LogP contribution in [-0.2, 0) is 0 Å². The quantitative estimate of drug-likeness (QED) is 0.728. The van der Waals surface area contributed by atoms with Gasteiger partial charge in [0.15, 0.2) is 0 Å². The van der Waals surface area contributed by atoms with Crippen molar-refractivity contribution in [1.82, 2.24) is 9.88 Å². The van der Waals surface area contributed by atoms with Crippen LogP contribution in [-0.4, -0.2) is 28.4 Å². The molecule has 0 saturated carbocycles. The number of carbonyl (C=O) groups excluding carboxylic acids is 1. The van der Waals surface area contributed by atoms with Gasteiger partial charge in [-0.1, -0.05) is 40.5 Å². The van der Waals surface area contributed by atoms with E-state index in [0.717, 1.165) is 25.0 Å². The molecule has 1 unspecified atom stereocenters. The molecule has 0 fully saturated rings. The molecule has 1 amide bonds. The number of carbonyl (C=O) groups is 1. The monoisotopic (exact) mass is 334 g/mol. The Morgan fingerprint density at radius 1 is 1.04 bits per heavy atom. The Kier molecular flexibility index (Phi) is 8.23. The highest BCUT2D eigenvalue weighted by Crippen LogP contribution is 2.16. The number of aromatic nitrogens is 1. The number of nitrogens with zero attached hydrogens (tertiary/aromatic N) is 1. The molecule has 1 rings (SSSR count). The lowest BCUT2D eigenvalue weighted by Crippen LogP contribution is -2.42. The number of hydrogen-bond acceptors (Lipinski definition) is 2. The van der Waals surface area contributed by atoms with Gasteiger partial charge in [0.1, 0.15) is 5.56 Å². The molecule has 0 aliphatic carbocycles. The van der Waals surface area contributed by atoms with Gasteiger partial charge in [-0.15, -0.1) is 0 Å². The fraction of sp³-hybridized carbons (Fsp3) is 0.700. The van der Waals surface area contributed by atoms with Crippen LogP contribution in [0.2, 0.25) is 0 Å². The molecule has 1 N–H and O–H groups in total. The summed E-state index contributed by atoms with van der Waals surface area (Å²) in [7, 11) is 0. The summed E-state index contributed by atoms with van der Waals surface area (Å²) in [6.45, 7) is 13.4. The summed E-state index contributed by atoms with van der Waals surface area (Å²) in [6.07, 6.45) is 4.20. The summed E-state index contributed by atoms with van der Waals surface area (Å²) in [5.41, 5.74) is 0.735. The highest BCUT2D eigenvalue weighted by Gasteiger charge is 2.23. The standard InChI is InChI=1S/C20H34N2O2/c1-14(2)8-7-9-17(6)22(13-12-15(3)4)20(24)18-11-10-16(5)21-19(18)23/h10-11,14-15,17H,7-9,12-13H2,1-6H3,(H,21,23). The second kappa shape index (κ2) is 9.65. The maximum Gasteiger partial charge on any atom is 0.260 e. The first kappa shape index (κ1) is 20.5. The van der Waals surface area contributed by atoms with E-state index in [4.69, 9.17) is 0 Å². The first-order valence-electron chi connectivity index (χ1n) is 9.23. The van der Waals surface area contributed by atoms with E-state index in [1.807, 2.05) is 11.8 Å². The molecule has 0 spiro atoms. The zero-order valence-corrected chi connectivity index (χ0v) is 16.2. The molecule has 4 nitrogen and oxygen atoms in total. The van der Waals surface area contributed by atoms with Crippen LogP contribution in [0.15, 0.2) is 16.9 Å². The Bertz CT molecular complexity index is 575. The van der Waals surface area contributed by atoms with Crippen LogP contribution in [0.5, 0.6) is 0 Å². The topological polar surface area (TPSA) is 53.2 Å². The second-order valence-electron chi connectivity index (χ2n) is 7.74. The summed E-state index contributed by atoms with van der Waals surface area (Å²) in [6, 6.07) is 3.59. The third-order valence-electron chi connectivity index (χ3n) is 4.43. The molecule has 0 aliphatic rings. The average Bonchev–Trinajstić information content (AvgIpc) is 2.46. The van der Waals surface area contributed by atoms with Crippen LogP contribution in [0, 0.1) is 18.8 Å². The number of pyridine rings is 1. The van der Waals surface area contributed by atoms with Crippen molar-refractivity contribution in [3.8, 4) is 0 Å². The van der Waals surface area contributed by atoms with E-state index in [0.29, 0.717) is 18.4 Å². The zero-order chi connectivity index (χ0) is 18.3. The third kappa shape index (κ3) is 6.50. The number of hydrogen-bond donors (Lipinski definition) is 1. The van der Waals surface area contributed by atoms with Gasteiger partial charge in [-0.3, -0.25) is 9.59 Å². The van der Waals surface area contributed by atoms with Gasteiger partial charge in [0.05, 0.1) is 0 Å². The highest BCUT2D eigenvalue weighted by molar-refractivity contribution is 5.94. The van der Waals surface area contributed by atoms with E-state index in [9.17, 15) is 9.59 Å². The lowest BCUT2D eigenvalue weighted by Gasteiger charge is -2.30. The Balaban J connectivity index is 2.90. The summed E-state index contributed by atoms with van der Waals surface area (Å²) < 4.78 is 0. The summed E-state index contributed by atoms with van der Waals surface area (Å²) in [4.78, 5) is 29.7.